The zero-order valence-corrected chi connectivity index (χ0v) is 16.1. The van der Waals surface area contributed by atoms with Crippen molar-refractivity contribution in [3.63, 3.8) is 0 Å². The van der Waals surface area contributed by atoms with E-state index in [1.54, 1.807) is 18.3 Å². The van der Waals surface area contributed by atoms with Crippen molar-refractivity contribution in [2.45, 2.75) is 44.9 Å². The van der Waals surface area contributed by atoms with Crippen LogP contribution in [0.15, 0.2) is 35.3 Å². The van der Waals surface area contributed by atoms with Crippen LogP contribution in [0.5, 0.6) is 0 Å². The average molecular weight is 399 g/mol. The number of carbonyl (C=O) groups is 1. The van der Waals surface area contributed by atoms with E-state index in [-0.39, 0.29) is 17.4 Å². The van der Waals surface area contributed by atoms with Crippen molar-refractivity contribution >= 4 is 22.9 Å². The number of fused-ring (bicyclic) bond motifs is 1. The number of nitrogen functional groups attached to an aromatic ring is 1. The Bertz CT molecular complexity index is 1040. The van der Waals surface area contributed by atoms with Crippen molar-refractivity contribution in [3.8, 4) is 0 Å². The summed E-state index contributed by atoms with van der Waals surface area (Å²) in [5.41, 5.74) is 8.03. The van der Waals surface area contributed by atoms with Crippen molar-refractivity contribution in [1.82, 2.24) is 20.3 Å². The molecule has 0 radical (unpaired) electrons. The van der Waals surface area contributed by atoms with E-state index >= 15 is 0 Å². The van der Waals surface area contributed by atoms with Gasteiger partial charge in [-0.15, -0.1) is 0 Å². The molecule has 0 bridgehead atoms. The molecule has 0 spiro atoms. The number of rotatable bonds is 8. The summed E-state index contributed by atoms with van der Waals surface area (Å²) in [5.74, 6) is -0.283. The van der Waals surface area contributed by atoms with Gasteiger partial charge < -0.3 is 26.2 Å². The smallest absolute Gasteiger partial charge is 0.262 e. The second kappa shape index (κ2) is 8.89. The molecule has 154 valence electrons. The summed E-state index contributed by atoms with van der Waals surface area (Å²) in [4.78, 5) is 34.0. The summed E-state index contributed by atoms with van der Waals surface area (Å²) in [5, 5.41) is 21.9. The minimum Gasteiger partial charge on any atom is -0.369 e. The highest BCUT2D eigenvalue weighted by atomic mass is 16.5. The van der Waals surface area contributed by atoms with Gasteiger partial charge in [-0.2, -0.15) is 4.98 Å². The van der Waals surface area contributed by atoms with Gasteiger partial charge in [0.2, 0.25) is 5.95 Å². The lowest BCUT2D eigenvalue weighted by Crippen LogP contribution is -2.43. The summed E-state index contributed by atoms with van der Waals surface area (Å²) in [6.45, 7) is 1.91. The first kappa shape index (κ1) is 20.6. The van der Waals surface area contributed by atoms with Crippen LogP contribution in [0.3, 0.4) is 0 Å². The first-order valence-corrected chi connectivity index (χ1v) is 9.50. The molecule has 9 nitrogen and oxygen atoms in total. The Morgan fingerprint density at radius 1 is 1.24 bits per heavy atom. The number of anilines is 1. The van der Waals surface area contributed by atoms with Gasteiger partial charge in [0, 0.05) is 11.8 Å². The highest BCUT2D eigenvalue weighted by molar-refractivity contribution is 5.94. The zero-order valence-electron chi connectivity index (χ0n) is 16.1. The van der Waals surface area contributed by atoms with Gasteiger partial charge in [-0.3, -0.25) is 14.6 Å². The van der Waals surface area contributed by atoms with E-state index in [1.807, 2.05) is 19.1 Å². The number of nitrogens with two attached hydrogens (primary N) is 1. The molecule has 0 saturated heterocycles. The van der Waals surface area contributed by atoms with Gasteiger partial charge >= 0.3 is 0 Å². The second-order valence-electron chi connectivity index (χ2n) is 6.97. The quantitative estimate of drug-likeness (QED) is 0.308. The Morgan fingerprint density at radius 2 is 1.97 bits per heavy atom. The fourth-order valence-electron chi connectivity index (χ4n) is 3.28. The van der Waals surface area contributed by atoms with E-state index in [0.717, 1.165) is 17.5 Å². The molecule has 1 aromatic carbocycles. The van der Waals surface area contributed by atoms with Crippen molar-refractivity contribution in [1.29, 1.82) is 0 Å². The van der Waals surface area contributed by atoms with Gasteiger partial charge in [-0.05, 0) is 42.5 Å². The molecule has 2 heterocycles. The number of aliphatic hydroxyl groups is 2. The van der Waals surface area contributed by atoms with Crippen molar-refractivity contribution in [3.05, 3.63) is 57.5 Å². The van der Waals surface area contributed by atoms with E-state index in [4.69, 9.17) is 5.73 Å². The second-order valence-corrected chi connectivity index (χ2v) is 6.97. The Balaban J connectivity index is 1.65. The fourth-order valence-corrected chi connectivity index (χ4v) is 3.28. The van der Waals surface area contributed by atoms with E-state index in [0.29, 0.717) is 35.9 Å². The number of benzene rings is 1. The Labute approximate surface area is 167 Å². The number of hydrogen-bond acceptors (Lipinski definition) is 6. The number of hydrogen-bond donors (Lipinski definition) is 6. The molecular weight excluding hydrogens is 374 g/mol. The fraction of sp³-hybridized carbons (Fsp3) is 0.350. The van der Waals surface area contributed by atoms with Gasteiger partial charge in [-0.25, -0.2) is 0 Å². The predicted molar refractivity (Wildman–Crippen MR) is 109 cm³/mol. The summed E-state index contributed by atoms with van der Waals surface area (Å²) in [6.07, 6.45) is 2.65. The van der Waals surface area contributed by atoms with Crippen LogP contribution in [0.1, 0.15) is 41.3 Å². The van der Waals surface area contributed by atoms with Crippen LogP contribution in [-0.2, 0) is 12.8 Å². The maximum Gasteiger partial charge on any atom is 0.262 e. The van der Waals surface area contributed by atoms with Gasteiger partial charge in [0.15, 0.2) is 6.29 Å². The van der Waals surface area contributed by atoms with Crippen LogP contribution in [0.2, 0.25) is 0 Å². The summed E-state index contributed by atoms with van der Waals surface area (Å²) in [7, 11) is 0. The molecular formula is C20H25N5O4. The molecule has 1 amide bonds. The topological polar surface area (TPSA) is 157 Å². The number of aryl methyl sites for hydroxylation is 2. The summed E-state index contributed by atoms with van der Waals surface area (Å²) < 4.78 is 0. The van der Waals surface area contributed by atoms with E-state index in [9.17, 15) is 19.8 Å². The van der Waals surface area contributed by atoms with Crippen molar-refractivity contribution in [2.24, 2.45) is 0 Å². The Kier molecular flexibility index (Phi) is 6.30. The monoisotopic (exact) mass is 399 g/mol. The Hall–Kier alpha value is -3.17. The van der Waals surface area contributed by atoms with Crippen LogP contribution in [0, 0.1) is 0 Å². The molecule has 29 heavy (non-hydrogen) atoms. The molecule has 3 rings (SSSR count). The third kappa shape index (κ3) is 4.82. The molecule has 3 aromatic rings. The van der Waals surface area contributed by atoms with Gasteiger partial charge in [0.25, 0.3) is 11.5 Å². The number of aromatic nitrogens is 3. The lowest BCUT2D eigenvalue weighted by Gasteiger charge is -2.19. The van der Waals surface area contributed by atoms with Gasteiger partial charge in [0.05, 0.1) is 11.4 Å². The molecule has 1 atom stereocenters. The van der Waals surface area contributed by atoms with E-state index in [2.05, 4.69) is 20.3 Å². The number of H-pyrrole nitrogens is 2. The highest BCUT2D eigenvalue weighted by Crippen LogP contribution is 2.16. The summed E-state index contributed by atoms with van der Waals surface area (Å²) in [6, 6.07) is 6.38. The Morgan fingerprint density at radius 3 is 2.62 bits per heavy atom. The van der Waals surface area contributed by atoms with Crippen molar-refractivity contribution < 1.29 is 15.0 Å². The molecule has 0 saturated carbocycles. The lowest BCUT2D eigenvalue weighted by molar-refractivity contribution is -0.0667. The molecule has 0 aliphatic carbocycles. The zero-order chi connectivity index (χ0) is 21.0. The summed E-state index contributed by atoms with van der Waals surface area (Å²) >= 11 is 0. The van der Waals surface area contributed by atoms with E-state index < -0.39 is 12.3 Å². The maximum atomic E-state index is 12.3. The number of aromatic amines is 2. The molecule has 0 aliphatic heterocycles. The standard InChI is InChI=1S/C20H25N5O4/c1-2-3-14(19(28)29)23-17(26)12-7-4-11(5-8-12)6-9-13-10-22-16-15(13)18(27)25-20(21)24-16/h4-5,7-8,10,14,19,28-29H,2-3,6,9H2,1H3,(H,23,26)(H4,21,22,24,25,27). The molecule has 9 heteroatoms. The number of carbonyl (C=O) groups excluding carboxylic acids is 1. The molecule has 0 aliphatic rings. The SMILES string of the molecule is CCCC(NC(=O)c1ccc(CCc2c[nH]c3nc(N)[nH]c(=O)c23)cc1)C(O)O. The average Bonchev–Trinajstić information content (AvgIpc) is 3.09. The molecule has 2 aromatic heterocycles. The normalized spacial score (nSPS) is 12.4. The maximum absolute atomic E-state index is 12.3. The number of aliphatic hydroxyl groups excluding tert-OH is 1. The predicted octanol–water partition coefficient (Wildman–Crippen LogP) is 0.828. The van der Waals surface area contributed by atoms with Gasteiger partial charge in [-0.1, -0.05) is 25.5 Å². The molecule has 0 fully saturated rings. The minimum absolute atomic E-state index is 0.0691. The number of nitrogens with one attached hydrogen (secondary N) is 3. The van der Waals surface area contributed by atoms with Crippen LogP contribution < -0.4 is 16.6 Å². The molecule has 1 unspecified atom stereocenters. The van der Waals surface area contributed by atoms with E-state index in [1.165, 1.54) is 0 Å². The number of amides is 1. The van der Waals surface area contributed by atoms with Crippen molar-refractivity contribution in [2.75, 3.05) is 5.73 Å². The third-order valence-corrected chi connectivity index (χ3v) is 4.82. The minimum atomic E-state index is -1.60. The highest BCUT2D eigenvalue weighted by Gasteiger charge is 2.19. The van der Waals surface area contributed by atoms with Crippen LogP contribution in [0.25, 0.3) is 11.0 Å². The van der Waals surface area contributed by atoms with Crippen LogP contribution >= 0.6 is 0 Å². The first-order valence-electron chi connectivity index (χ1n) is 9.50. The molecule has 7 N–H and O–H groups in total. The largest absolute Gasteiger partial charge is 0.369 e. The number of nitrogens with zero attached hydrogens (tertiary/aromatic N) is 1. The van der Waals surface area contributed by atoms with Crippen LogP contribution in [0.4, 0.5) is 5.95 Å². The third-order valence-electron chi connectivity index (χ3n) is 4.82. The van der Waals surface area contributed by atoms with Crippen LogP contribution in [-0.4, -0.2) is 43.4 Å². The first-order chi connectivity index (χ1) is 13.9. The lowest BCUT2D eigenvalue weighted by atomic mass is 10.0. The van der Waals surface area contributed by atoms with Gasteiger partial charge in [0.1, 0.15) is 5.65 Å².